The number of nitrogens with one attached hydrogen (secondary N) is 1. The van der Waals surface area contributed by atoms with Crippen LogP contribution in [-0.2, 0) is 6.61 Å². The summed E-state index contributed by atoms with van der Waals surface area (Å²) in [6.07, 6.45) is 2.42. The van der Waals surface area contributed by atoms with Crippen molar-refractivity contribution in [3.8, 4) is 0 Å². The number of rotatable bonds is 4. The van der Waals surface area contributed by atoms with Gasteiger partial charge >= 0.3 is 0 Å². The molecular weight excluding hydrogens is 192 g/mol. The number of hydrogen-bond donors (Lipinski definition) is 2. The Morgan fingerprint density at radius 2 is 2.40 bits per heavy atom. The van der Waals surface area contributed by atoms with E-state index in [1.807, 2.05) is 13.8 Å². The molecule has 1 aromatic heterocycles. The van der Waals surface area contributed by atoms with Gasteiger partial charge in [-0.05, 0) is 25.5 Å². The fourth-order valence-corrected chi connectivity index (χ4v) is 1.12. The van der Waals surface area contributed by atoms with E-state index in [0.29, 0.717) is 11.3 Å². The number of carbonyl (C=O) groups is 1. The molecule has 1 aromatic rings. The van der Waals surface area contributed by atoms with Crippen molar-refractivity contribution < 1.29 is 9.90 Å². The van der Waals surface area contributed by atoms with E-state index in [4.69, 9.17) is 5.11 Å². The highest BCUT2D eigenvalue weighted by Gasteiger charge is 2.08. The second-order valence-electron chi connectivity index (χ2n) is 3.48. The van der Waals surface area contributed by atoms with Gasteiger partial charge < -0.3 is 10.4 Å². The molecule has 15 heavy (non-hydrogen) atoms. The first kappa shape index (κ1) is 11.7. The van der Waals surface area contributed by atoms with E-state index >= 15 is 0 Å². The van der Waals surface area contributed by atoms with Gasteiger partial charge in [0.05, 0.1) is 12.3 Å². The molecule has 4 heteroatoms. The fourth-order valence-electron chi connectivity index (χ4n) is 1.12. The largest absolute Gasteiger partial charge is 0.390 e. The van der Waals surface area contributed by atoms with Gasteiger partial charge in [0.25, 0.3) is 5.91 Å². The summed E-state index contributed by atoms with van der Waals surface area (Å²) in [5.41, 5.74) is 1.04. The zero-order chi connectivity index (χ0) is 11.3. The number of carbonyl (C=O) groups excluding carboxylic acids is 1. The molecule has 1 atom stereocenters. The van der Waals surface area contributed by atoms with Gasteiger partial charge in [-0.1, -0.05) is 6.92 Å². The molecule has 0 saturated heterocycles. The summed E-state index contributed by atoms with van der Waals surface area (Å²) in [7, 11) is 0. The van der Waals surface area contributed by atoms with Gasteiger partial charge in [-0.25, -0.2) is 0 Å². The summed E-state index contributed by atoms with van der Waals surface area (Å²) < 4.78 is 0. The maximum atomic E-state index is 11.7. The van der Waals surface area contributed by atoms with Crippen LogP contribution in [0.1, 0.15) is 36.3 Å². The van der Waals surface area contributed by atoms with E-state index in [0.717, 1.165) is 6.42 Å². The zero-order valence-electron chi connectivity index (χ0n) is 9.03. The van der Waals surface area contributed by atoms with Crippen LogP contribution in [0.25, 0.3) is 0 Å². The van der Waals surface area contributed by atoms with E-state index < -0.39 is 0 Å². The summed E-state index contributed by atoms with van der Waals surface area (Å²) in [6.45, 7) is 3.81. The lowest BCUT2D eigenvalue weighted by Gasteiger charge is -2.11. The van der Waals surface area contributed by atoms with Gasteiger partial charge in [-0.2, -0.15) is 0 Å². The first-order valence-corrected chi connectivity index (χ1v) is 5.04. The number of amides is 1. The van der Waals surface area contributed by atoms with Gasteiger partial charge in [0, 0.05) is 17.8 Å². The smallest absolute Gasteiger partial charge is 0.251 e. The molecule has 0 spiro atoms. The average molecular weight is 208 g/mol. The molecule has 1 amide bonds. The predicted octanol–water partition coefficient (Wildman–Crippen LogP) is 1.10. The van der Waals surface area contributed by atoms with Crippen LogP contribution in [-0.4, -0.2) is 22.0 Å². The predicted molar refractivity (Wildman–Crippen MR) is 57.4 cm³/mol. The molecule has 0 aliphatic rings. The number of nitrogens with zero attached hydrogens (tertiary/aromatic N) is 1. The summed E-state index contributed by atoms with van der Waals surface area (Å²) in [5.74, 6) is -0.124. The highest BCUT2D eigenvalue weighted by atomic mass is 16.3. The van der Waals surface area contributed by atoms with Gasteiger partial charge in [0.15, 0.2) is 0 Å². The van der Waals surface area contributed by atoms with Crippen molar-refractivity contribution in [2.45, 2.75) is 32.9 Å². The third kappa shape index (κ3) is 3.32. The monoisotopic (exact) mass is 208 g/mol. The highest BCUT2D eigenvalue weighted by molar-refractivity contribution is 5.94. The fraction of sp³-hybridized carbons (Fsp3) is 0.455. The molecule has 0 aliphatic heterocycles. The summed E-state index contributed by atoms with van der Waals surface area (Å²) in [4.78, 5) is 15.6. The molecule has 1 unspecified atom stereocenters. The lowest BCUT2D eigenvalue weighted by atomic mass is 10.2. The van der Waals surface area contributed by atoms with Crippen molar-refractivity contribution in [2.75, 3.05) is 0 Å². The van der Waals surface area contributed by atoms with Crippen molar-refractivity contribution >= 4 is 5.91 Å². The number of pyridine rings is 1. The molecule has 0 aliphatic carbocycles. The zero-order valence-corrected chi connectivity index (χ0v) is 9.03. The first-order chi connectivity index (χ1) is 7.17. The van der Waals surface area contributed by atoms with Crippen LogP contribution >= 0.6 is 0 Å². The molecule has 4 nitrogen and oxygen atoms in total. The second-order valence-corrected chi connectivity index (χ2v) is 3.48. The Balaban J connectivity index is 2.73. The van der Waals surface area contributed by atoms with Gasteiger partial charge in [0.2, 0.25) is 0 Å². The standard InChI is InChI=1S/C11H16N2O2/c1-3-8(2)13-11(15)9-4-5-12-10(6-9)7-14/h4-6,8,14H,3,7H2,1-2H3,(H,13,15). The molecular formula is C11H16N2O2. The second kappa shape index (κ2) is 5.46. The maximum absolute atomic E-state index is 11.7. The summed E-state index contributed by atoms with van der Waals surface area (Å²) >= 11 is 0. The Morgan fingerprint density at radius 3 is 3.00 bits per heavy atom. The molecule has 0 fully saturated rings. The Labute approximate surface area is 89.3 Å². The van der Waals surface area contributed by atoms with E-state index in [-0.39, 0.29) is 18.6 Å². The SMILES string of the molecule is CCC(C)NC(=O)c1ccnc(CO)c1. The van der Waals surface area contributed by atoms with Crippen molar-refractivity contribution in [1.29, 1.82) is 0 Å². The van der Waals surface area contributed by atoms with E-state index in [2.05, 4.69) is 10.3 Å². The Morgan fingerprint density at radius 1 is 1.67 bits per heavy atom. The van der Waals surface area contributed by atoms with Crippen LogP contribution in [0.2, 0.25) is 0 Å². The summed E-state index contributed by atoms with van der Waals surface area (Å²) in [5, 5.41) is 11.7. The third-order valence-corrected chi connectivity index (χ3v) is 2.23. The van der Waals surface area contributed by atoms with Gasteiger partial charge in [0.1, 0.15) is 0 Å². The molecule has 2 N–H and O–H groups in total. The van der Waals surface area contributed by atoms with Gasteiger partial charge in [-0.3, -0.25) is 9.78 Å². The minimum atomic E-state index is -0.148. The van der Waals surface area contributed by atoms with Crippen LogP contribution in [0.3, 0.4) is 0 Å². The van der Waals surface area contributed by atoms with Crippen molar-refractivity contribution in [2.24, 2.45) is 0 Å². The lowest BCUT2D eigenvalue weighted by Crippen LogP contribution is -2.31. The normalized spacial score (nSPS) is 12.2. The maximum Gasteiger partial charge on any atom is 0.251 e. The minimum absolute atomic E-state index is 0.124. The van der Waals surface area contributed by atoms with Gasteiger partial charge in [-0.15, -0.1) is 0 Å². The topological polar surface area (TPSA) is 62.2 Å². The Kier molecular flexibility index (Phi) is 4.24. The molecule has 82 valence electrons. The molecule has 1 rings (SSSR count). The number of aliphatic hydroxyl groups excluding tert-OH is 1. The Bertz CT molecular complexity index is 339. The number of aliphatic hydroxyl groups is 1. The average Bonchev–Trinajstić information content (AvgIpc) is 2.28. The van der Waals surface area contributed by atoms with Crippen molar-refractivity contribution in [3.05, 3.63) is 29.6 Å². The van der Waals surface area contributed by atoms with E-state index in [9.17, 15) is 4.79 Å². The molecule has 0 saturated carbocycles. The highest BCUT2D eigenvalue weighted by Crippen LogP contribution is 2.02. The van der Waals surface area contributed by atoms with Crippen LogP contribution in [0, 0.1) is 0 Å². The van der Waals surface area contributed by atoms with E-state index in [1.165, 1.54) is 6.20 Å². The van der Waals surface area contributed by atoms with Crippen LogP contribution in [0.5, 0.6) is 0 Å². The van der Waals surface area contributed by atoms with Crippen LogP contribution in [0.4, 0.5) is 0 Å². The minimum Gasteiger partial charge on any atom is -0.390 e. The van der Waals surface area contributed by atoms with Crippen LogP contribution in [0.15, 0.2) is 18.3 Å². The molecule has 0 bridgehead atoms. The molecule has 0 aromatic carbocycles. The lowest BCUT2D eigenvalue weighted by molar-refractivity contribution is 0.0939. The molecule has 1 heterocycles. The summed E-state index contributed by atoms with van der Waals surface area (Å²) in [6, 6.07) is 3.39. The number of aromatic nitrogens is 1. The Hall–Kier alpha value is -1.42. The van der Waals surface area contributed by atoms with Crippen molar-refractivity contribution in [1.82, 2.24) is 10.3 Å². The van der Waals surface area contributed by atoms with Crippen molar-refractivity contribution in [3.63, 3.8) is 0 Å². The third-order valence-electron chi connectivity index (χ3n) is 2.23. The van der Waals surface area contributed by atoms with Crippen LogP contribution < -0.4 is 5.32 Å². The van der Waals surface area contributed by atoms with E-state index in [1.54, 1.807) is 12.1 Å². The quantitative estimate of drug-likeness (QED) is 0.779. The first-order valence-electron chi connectivity index (χ1n) is 5.04. The molecule has 0 radical (unpaired) electrons. The number of hydrogen-bond acceptors (Lipinski definition) is 3.